The smallest absolute Gasteiger partial charge is 0.0830 e. The molecule has 0 saturated heterocycles. The summed E-state index contributed by atoms with van der Waals surface area (Å²) in [5, 5.41) is 20.5. The Morgan fingerprint density at radius 3 is 2.19 bits per heavy atom. The lowest BCUT2D eigenvalue weighted by Crippen LogP contribution is -2.46. The van der Waals surface area contributed by atoms with Crippen LogP contribution in [0.15, 0.2) is 0 Å². The fraction of sp³-hybridized carbons (Fsp3) is 1.00. The molecule has 0 aromatic heterocycles. The average Bonchev–Trinajstić information content (AvgIpc) is 3.01. The maximum atomic E-state index is 10.4. The van der Waals surface area contributed by atoms with E-state index < -0.39 is 12.2 Å². The van der Waals surface area contributed by atoms with Crippen molar-refractivity contribution in [3.8, 4) is 0 Å². The van der Waals surface area contributed by atoms with Crippen LogP contribution in [-0.2, 0) is 4.74 Å². The number of hydrogen-bond donors (Lipinski definition) is 2. The third kappa shape index (κ3) is 3.62. The number of aliphatic hydroxyl groups is 2. The fourth-order valence-corrected chi connectivity index (χ4v) is 8.21. The monoisotopic (exact) mass is 376 g/mol. The van der Waals surface area contributed by atoms with Crippen LogP contribution in [0.1, 0.15) is 83.5 Å². The minimum atomic E-state index is -0.458. The molecule has 0 spiro atoms. The van der Waals surface area contributed by atoms with Crippen LogP contribution in [0.25, 0.3) is 0 Å². The predicted molar refractivity (Wildman–Crippen MR) is 106 cm³/mol. The Hall–Kier alpha value is -0.120. The van der Waals surface area contributed by atoms with Crippen molar-refractivity contribution in [3.05, 3.63) is 0 Å². The number of fused-ring (bicyclic) bond motifs is 5. The van der Waals surface area contributed by atoms with Crippen molar-refractivity contribution >= 4 is 0 Å². The number of rotatable bonds is 3. The van der Waals surface area contributed by atoms with Gasteiger partial charge >= 0.3 is 0 Å². The molecule has 5 aliphatic rings. The van der Waals surface area contributed by atoms with Gasteiger partial charge in [0.05, 0.1) is 18.3 Å². The van der Waals surface area contributed by atoms with Crippen LogP contribution in [0.3, 0.4) is 0 Å². The lowest BCUT2D eigenvalue weighted by molar-refractivity contribution is -0.0790. The van der Waals surface area contributed by atoms with Gasteiger partial charge in [0.1, 0.15) is 0 Å². The Kier molecular flexibility index (Phi) is 5.56. The molecule has 0 heterocycles. The molecule has 0 aromatic rings. The third-order valence-electron chi connectivity index (χ3n) is 9.54. The third-order valence-corrected chi connectivity index (χ3v) is 9.54. The van der Waals surface area contributed by atoms with Crippen LogP contribution < -0.4 is 0 Å². The lowest BCUT2D eigenvalue weighted by atomic mass is 9.53. The Bertz CT molecular complexity index is 502. The first kappa shape index (κ1) is 18.9. The number of hydrogen-bond acceptors (Lipinski definition) is 3. The first-order chi connectivity index (χ1) is 13.2. The van der Waals surface area contributed by atoms with E-state index in [1.165, 1.54) is 70.6 Å². The molecule has 0 amide bonds. The molecule has 9 atom stereocenters. The van der Waals surface area contributed by atoms with Crippen molar-refractivity contribution in [2.24, 2.45) is 41.4 Å². The van der Waals surface area contributed by atoms with Crippen molar-refractivity contribution in [1.82, 2.24) is 0 Å². The summed E-state index contributed by atoms with van der Waals surface area (Å²) in [6.45, 7) is 1.02. The largest absolute Gasteiger partial charge is 0.390 e. The standard InChI is InChI=1S/C24H40O3/c25-23-13-22-20-8-6-16-12-17(27-14-15-4-2-1-3-5-15)7-9-18(16)19(20)10-11-21(22)24(23)26/h15-26H,1-14H2/t16?,17?,18?,19?,20?,21?,22?,23-,24-/m1/s1. The molecule has 154 valence electrons. The topological polar surface area (TPSA) is 49.7 Å². The van der Waals surface area contributed by atoms with Crippen LogP contribution >= 0.6 is 0 Å². The van der Waals surface area contributed by atoms with Crippen molar-refractivity contribution in [2.75, 3.05) is 6.61 Å². The normalized spacial score (nSPS) is 50.7. The molecule has 5 fully saturated rings. The van der Waals surface area contributed by atoms with Crippen LogP contribution in [0.5, 0.6) is 0 Å². The zero-order chi connectivity index (χ0) is 18.4. The van der Waals surface area contributed by atoms with Crippen LogP contribution in [-0.4, -0.2) is 35.1 Å². The van der Waals surface area contributed by atoms with Crippen molar-refractivity contribution < 1.29 is 14.9 Å². The van der Waals surface area contributed by atoms with Crippen LogP contribution in [0, 0.1) is 41.4 Å². The summed E-state index contributed by atoms with van der Waals surface area (Å²) in [5.74, 6) is 5.22. The van der Waals surface area contributed by atoms with Gasteiger partial charge in [-0.2, -0.15) is 0 Å². The van der Waals surface area contributed by atoms with E-state index in [-0.39, 0.29) is 0 Å². The summed E-state index contributed by atoms with van der Waals surface area (Å²) in [6.07, 6.45) is 16.6. The van der Waals surface area contributed by atoms with Crippen molar-refractivity contribution in [1.29, 1.82) is 0 Å². The highest BCUT2D eigenvalue weighted by Crippen LogP contribution is 2.58. The maximum absolute atomic E-state index is 10.4. The van der Waals surface area contributed by atoms with Gasteiger partial charge in [-0.3, -0.25) is 0 Å². The maximum Gasteiger partial charge on any atom is 0.0830 e. The zero-order valence-electron chi connectivity index (χ0n) is 17.0. The molecule has 5 rings (SSSR count). The molecule has 0 bridgehead atoms. The van der Waals surface area contributed by atoms with Gasteiger partial charge < -0.3 is 14.9 Å². The molecule has 5 saturated carbocycles. The van der Waals surface area contributed by atoms with Gasteiger partial charge in [0, 0.05) is 6.61 Å². The van der Waals surface area contributed by atoms with Crippen molar-refractivity contribution in [3.63, 3.8) is 0 Å². The van der Waals surface area contributed by atoms with Gasteiger partial charge in [0.15, 0.2) is 0 Å². The average molecular weight is 377 g/mol. The van der Waals surface area contributed by atoms with E-state index in [0.29, 0.717) is 17.9 Å². The molecule has 3 nitrogen and oxygen atoms in total. The predicted octanol–water partition coefficient (Wildman–Crippen LogP) is 4.55. The Morgan fingerprint density at radius 1 is 0.630 bits per heavy atom. The molecule has 5 aliphatic carbocycles. The fourth-order valence-electron chi connectivity index (χ4n) is 8.21. The molecular formula is C24H40O3. The van der Waals surface area contributed by atoms with Gasteiger partial charge in [0.2, 0.25) is 0 Å². The quantitative estimate of drug-likeness (QED) is 0.760. The van der Waals surface area contributed by atoms with E-state index in [1.807, 2.05) is 0 Å². The molecule has 0 aromatic carbocycles. The van der Waals surface area contributed by atoms with E-state index in [0.717, 1.165) is 49.0 Å². The summed E-state index contributed by atoms with van der Waals surface area (Å²) in [7, 11) is 0. The first-order valence-corrected chi connectivity index (χ1v) is 12.2. The summed E-state index contributed by atoms with van der Waals surface area (Å²) >= 11 is 0. The minimum absolute atomic E-state index is 0.382. The van der Waals surface area contributed by atoms with Gasteiger partial charge in [0.25, 0.3) is 0 Å². The van der Waals surface area contributed by atoms with Gasteiger partial charge in [-0.1, -0.05) is 19.3 Å². The summed E-state index contributed by atoms with van der Waals surface area (Å²) in [5.41, 5.74) is 0. The van der Waals surface area contributed by atoms with Gasteiger partial charge in [-0.15, -0.1) is 0 Å². The summed E-state index contributed by atoms with van der Waals surface area (Å²) in [4.78, 5) is 0. The highest BCUT2D eigenvalue weighted by Gasteiger charge is 2.53. The second kappa shape index (κ2) is 7.95. The molecule has 3 heteroatoms. The van der Waals surface area contributed by atoms with E-state index in [1.54, 1.807) is 0 Å². The molecular weight excluding hydrogens is 336 g/mol. The highest BCUT2D eigenvalue weighted by atomic mass is 16.5. The number of aliphatic hydroxyl groups excluding tert-OH is 2. The van der Waals surface area contributed by atoms with E-state index >= 15 is 0 Å². The SMILES string of the molecule is O[C@@H]1CC2C3CCC4CC(OCC5CCCCC5)CCC4C3CCC2[C@H]1O. The Labute approximate surface area is 165 Å². The summed E-state index contributed by atoms with van der Waals surface area (Å²) in [6, 6.07) is 0. The first-order valence-electron chi connectivity index (χ1n) is 12.2. The highest BCUT2D eigenvalue weighted by molar-refractivity contribution is 5.03. The van der Waals surface area contributed by atoms with Crippen molar-refractivity contribution in [2.45, 2.75) is 102 Å². The minimum Gasteiger partial charge on any atom is -0.390 e. The van der Waals surface area contributed by atoms with E-state index in [2.05, 4.69) is 0 Å². The second-order valence-corrected chi connectivity index (χ2v) is 10.8. The number of ether oxygens (including phenoxy) is 1. The zero-order valence-corrected chi connectivity index (χ0v) is 17.0. The second-order valence-electron chi connectivity index (χ2n) is 10.8. The lowest BCUT2D eigenvalue weighted by Gasteiger charge is -2.52. The van der Waals surface area contributed by atoms with Crippen LogP contribution in [0.4, 0.5) is 0 Å². The van der Waals surface area contributed by atoms with E-state index in [9.17, 15) is 10.2 Å². The molecule has 2 N–H and O–H groups in total. The summed E-state index contributed by atoms with van der Waals surface area (Å²) < 4.78 is 6.44. The van der Waals surface area contributed by atoms with E-state index in [4.69, 9.17) is 4.74 Å². The Balaban J connectivity index is 1.16. The molecule has 27 heavy (non-hydrogen) atoms. The molecule has 0 aliphatic heterocycles. The van der Waals surface area contributed by atoms with Gasteiger partial charge in [-0.25, -0.2) is 0 Å². The van der Waals surface area contributed by atoms with Gasteiger partial charge in [-0.05, 0) is 106 Å². The molecule has 0 radical (unpaired) electrons. The Morgan fingerprint density at radius 2 is 1.33 bits per heavy atom. The molecule has 7 unspecified atom stereocenters. The van der Waals surface area contributed by atoms with Crippen LogP contribution in [0.2, 0.25) is 0 Å².